The Morgan fingerprint density at radius 2 is 1.74 bits per heavy atom. The van der Waals surface area contributed by atoms with Gasteiger partial charge in [-0.25, -0.2) is 17.9 Å². The molecular weight excluding hydrogens is 565 g/mol. The second kappa shape index (κ2) is 13.3. The van der Waals surface area contributed by atoms with Crippen molar-refractivity contribution < 1.29 is 27.5 Å². The number of fused-ring (bicyclic) bond motifs is 1. The molecule has 1 aliphatic rings. The number of carbonyl (C=O) groups is 2. The molecule has 1 aromatic heterocycles. The first kappa shape index (κ1) is 31.6. The van der Waals surface area contributed by atoms with Crippen LogP contribution in [-0.2, 0) is 28.2 Å². The second-order valence-electron chi connectivity index (χ2n) is 10.3. The van der Waals surface area contributed by atoms with E-state index in [1.54, 1.807) is 37.3 Å². The maximum absolute atomic E-state index is 12.9. The number of benzene rings is 3. The number of anilines is 1. The zero-order valence-electron chi connectivity index (χ0n) is 23.3. The van der Waals surface area contributed by atoms with Gasteiger partial charge < -0.3 is 14.0 Å². The van der Waals surface area contributed by atoms with Gasteiger partial charge in [0.2, 0.25) is 0 Å². The van der Waals surface area contributed by atoms with Crippen LogP contribution in [0.4, 0.5) is 10.5 Å². The van der Waals surface area contributed by atoms with E-state index in [0.717, 1.165) is 47.7 Å². The van der Waals surface area contributed by atoms with Gasteiger partial charge in [0.15, 0.2) is 0 Å². The van der Waals surface area contributed by atoms with Gasteiger partial charge in [0, 0.05) is 41.8 Å². The average Bonchev–Trinajstić information content (AvgIpc) is 3.56. The molecule has 0 atom stereocenters. The molecule has 2 amide bonds. The van der Waals surface area contributed by atoms with Crippen LogP contribution in [-0.4, -0.2) is 67.8 Å². The Labute approximate surface area is 267 Å². The van der Waals surface area contributed by atoms with Crippen molar-refractivity contribution in [1.82, 2.24) is 9.29 Å². The number of methoxy groups -OCH3 is 1. The van der Waals surface area contributed by atoms with Gasteiger partial charge in [-0.1, -0.05) is 24.3 Å². The molecule has 0 saturated heterocycles. The molecule has 4 aromatic rings. The first-order valence-electron chi connectivity index (χ1n) is 13.5. The first-order chi connectivity index (χ1) is 19.6. The van der Waals surface area contributed by atoms with Gasteiger partial charge in [0.1, 0.15) is 11.9 Å². The fourth-order valence-electron chi connectivity index (χ4n) is 5.33. The summed E-state index contributed by atoms with van der Waals surface area (Å²) in [6, 6.07) is 17.1. The van der Waals surface area contributed by atoms with Crippen LogP contribution in [0.25, 0.3) is 10.9 Å². The number of carbonyl (C=O) groups excluding carboxylic acids is 2. The van der Waals surface area contributed by atoms with Crippen LogP contribution < -0.4 is 14.8 Å². The molecule has 0 unspecified atom stereocenters. The van der Waals surface area contributed by atoms with E-state index < -0.39 is 22.0 Å². The molecule has 11 heteroatoms. The molecule has 0 aliphatic heterocycles. The normalized spacial score (nSPS) is 13.4. The number of nitrogens with zero attached hydrogens (tertiary/aromatic N) is 1. The summed E-state index contributed by atoms with van der Waals surface area (Å²) in [5, 5.41) is 3.81. The van der Waals surface area contributed by atoms with E-state index in [4.69, 9.17) is 9.47 Å². The van der Waals surface area contributed by atoms with Crippen molar-refractivity contribution in [2.45, 2.75) is 50.0 Å². The van der Waals surface area contributed by atoms with Crippen molar-refractivity contribution in [3.05, 3.63) is 89.1 Å². The number of hydrogen-bond acceptors (Lipinski definition) is 6. The van der Waals surface area contributed by atoms with Crippen LogP contribution in [0.5, 0.6) is 5.75 Å². The van der Waals surface area contributed by atoms with Crippen molar-refractivity contribution in [3.8, 4) is 5.75 Å². The zero-order valence-corrected chi connectivity index (χ0v) is 24.1. The Kier molecular flexibility index (Phi) is 10.0. The molecule has 0 radical (unpaired) electrons. The molecule has 1 heterocycles. The summed E-state index contributed by atoms with van der Waals surface area (Å²) in [5.41, 5.74) is 4.14. The van der Waals surface area contributed by atoms with Crippen LogP contribution in [0.1, 0.15) is 52.7 Å². The van der Waals surface area contributed by atoms with Crippen molar-refractivity contribution >= 4 is 68.2 Å². The van der Waals surface area contributed by atoms with E-state index in [1.165, 1.54) is 19.2 Å². The molecule has 1 aliphatic carbocycles. The molecule has 9 nitrogen and oxygen atoms in total. The number of nitrogens with one attached hydrogen (secondary N) is 2. The summed E-state index contributed by atoms with van der Waals surface area (Å²) in [5.74, 6) is -0.291. The first-order valence-corrected chi connectivity index (χ1v) is 15.0. The molecule has 42 heavy (non-hydrogen) atoms. The summed E-state index contributed by atoms with van der Waals surface area (Å²) < 4.78 is 40.9. The molecule has 0 spiro atoms. The van der Waals surface area contributed by atoms with Gasteiger partial charge in [-0.3, -0.25) is 10.1 Å². The second-order valence-corrected chi connectivity index (χ2v) is 12.0. The Balaban J connectivity index is 0.00000405. The number of sulfonamides is 1. The summed E-state index contributed by atoms with van der Waals surface area (Å²) in [7, 11) is -0.583. The number of amides is 2. The summed E-state index contributed by atoms with van der Waals surface area (Å²) >= 11 is 0. The fourth-order valence-corrected chi connectivity index (χ4v) is 6.55. The van der Waals surface area contributed by atoms with Crippen LogP contribution >= 0.6 is 0 Å². The molecule has 2 N–H and O–H groups in total. The molecule has 216 valence electrons. The molecule has 1 saturated carbocycles. The number of rotatable bonds is 8. The molecule has 5 rings (SSSR count). The number of aryl methyl sites for hydroxylation is 2. The minimum absolute atomic E-state index is 0. The molecule has 1 fully saturated rings. The van der Waals surface area contributed by atoms with Crippen molar-refractivity contribution in [2.75, 3.05) is 12.4 Å². The monoisotopic (exact) mass is 599 g/mol. The quantitative estimate of drug-likeness (QED) is 0.274. The molecular formula is C31H34N3NaO6S. The van der Waals surface area contributed by atoms with Gasteiger partial charge in [-0.05, 0) is 85.7 Å². The molecule has 0 bridgehead atoms. The van der Waals surface area contributed by atoms with Crippen LogP contribution in [0.2, 0.25) is 0 Å². The van der Waals surface area contributed by atoms with Crippen LogP contribution in [0.3, 0.4) is 0 Å². The third kappa shape index (κ3) is 7.00. The summed E-state index contributed by atoms with van der Waals surface area (Å²) in [4.78, 5) is 25.4. The standard InChI is InChI=1S/C31H33N3O6S.Na.H/c1-20-8-4-7-11-29(20)41(37,38)33-30(35)22-13-12-21(28(17-22)39-3)16-23-19-34(2)27-15-14-24(18-26(23)27)32-31(36)40-25-9-5-6-10-25;;/h4,7-8,11-15,17-19,25H,5-6,9-10,16H2,1-3H3,(H,32,36)(H,33,35);;. The van der Waals surface area contributed by atoms with E-state index in [2.05, 4.69) is 10.0 Å². The van der Waals surface area contributed by atoms with Gasteiger partial charge in [-0.2, -0.15) is 0 Å². The third-order valence-electron chi connectivity index (χ3n) is 7.43. The SMILES string of the molecule is COc1cc(C(=O)NS(=O)(=O)c2ccccc2C)ccc1Cc1cn(C)c2ccc(NC(=O)OC3CCCC3)cc12.[NaH]. The van der Waals surface area contributed by atoms with Crippen LogP contribution in [0.15, 0.2) is 71.8 Å². The zero-order chi connectivity index (χ0) is 29.1. The summed E-state index contributed by atoms with van der Waals surface area (Å²) in [6.07, 6.45) is 6.00. The third-order valence-corrected chi connectivity index (χ3v) is 8.93. The average molecular weight is 600 g/mol. The van der Waals surface area contributed by atoms with Gasteiger partial charge in [0.05, 0.1) is 12.0 Å². The van der Waals surface area contributed by atoms with Crippen LogP contribution in [0, 0.1) is 6.92 Å². The predicted octanol–water partition coefficient (Wildman–Crippen LogP) is 5.05. The Morgan fingerprint density at radius 3 is 2.45 bits per heavy atom. The van der Waals surface area contributed by atoms with E-state index in [0.29, 0.717) is 23.4 Å². The predicted molar refractivity (Wildman–Crippen MR) is 164 cm³/mol. The maximum atomic E-state index is 12.9. The number of ether oxygens (including phenoxy) is 2. The minimum atomic E-state index is -4.04. The number of aromatic nitrogens is 1. The number of hydrogen-bond donors (Lipinski definition) is 2. The van der Waals surface area contributed by atoms with E-state index in [1.807, 2.05) is 36.0 Å². The topological polar surface area (TPSA) is 116 Å². The van der Waals surface area contributed by atoms with Gasteiger partial charge in [-0.15, -0.1) is 0 Å². The van der Waals surface area contributed by atoms with E-state index >= 15 is 0 Å². The molecule has 3 aromatic carbocycles. The van der Waals surface area contributed by atoms with Crippen molar-refractivity contribution in [1.29, 1.82) is 0 Å². The Morgan fingerprint density at radius 1 is 1.00 bits per heavy atom. The summed E-state index contributed by atoms with van der Waals surface area (Å²) in [6.45, 7) is 1.67. The van der Waals surface area contributed by atoms with Gasteiger partial charge >= 0.3 is 35.7 Å². The van der Waals surface area contributed by atoms with Crippen molar-refractivity contribution in [2.24, 2.45) is 7.05 Å². The van der Waals surface area contributed by atoms with E-state index in [9.17, 15) is 18.0 Å². The van der Waals surface area contributed by atoms with Crippen molar-refractivity contribution in [3.63, 3.8) is 0 Å². The Hall–Kier alpha value is -3.31. The van der Waals surface area contributed by atoms with Gasteiger partial charge in [0.25, 0.3) is 15.9 Å². The van der Waals surface area contributed by atoms with E-state index in [-0.39, 0.29) is 46.1 Å². The Bertz CT molecular complexity index is 1730. The fraction of sp³-hybridized carbons (Fsp3) is 0.290.